The first kappa shape index (κ1) is 10.9. The molecule has 1 fully saturated rings. The van der Waals surface area contributed by atoms with Gasteiger partial charge in [0.15, 0.2) is 4.77 Å². The zero-order chi connectivity index (χ0) is 11.2. The molecule has 1 saturated carbocycles. The zero-order valence-electron chi connectivity index (χ0n) is 10.0. The first-order valence-corrected chi connectivity index (χ1v) is 6.16. The third-order valence-electron chi connectivity index (χ3n) is 3.32. The van der Waals surface area contributed by atoms with Gasteiger partial charge in [-0.25, -0.2) is 0 Å². The molecular weight excluding hydrogens is 204 g/mol. The first-order valence-electron chi connectivity index (χ1n) is 5.75. The van der Waals surface area contributed by atoms with Crippen molar-refractivity contribution in [3.63, 3.8) is 0 Å². The van der Waals surface area contributed by atoms with Gasteiger partial charge in [0.05, 0.1) is 0 Å². The highest BCUT2D eigenvalue weighted by Gasteiger charge is 2.39. The van der Waals surface area contributed by atoms with Crippen molar-refractivity contribution in [3.05, 3.63) is 16.7 Å². The summed E-state index contributed by atoms with van der Waals surface area (Å²) < 4.78 is 3.23. The van der Waals surface area contributed by atoms with Crippen molar-refractivity contribution in [3.8, 4) is 0 Å². The molecule has 1 aromatic heterocycles. The highest BCUT2D eigenvalue weighted by Crippen LogP contribution is 2.47. The number of aromatic nitrogens is 2. The van der Waals surface area contributed by atoms with Gasteiger partial charge in [-0.3, -0.25) is 0 Å². The van der Waals surface area contributed by atoms with Crippen LogP contribution in [0.25, 0.3) is 0 Å². The van der Waals surface area contributed by atoms with Crippen LogP contribution >= 0.6 is 12.2 Å². The molecule has 2 unspecified atom stereocenters. The summed E-state index contributed by atoms with van der Waals surface area (Å²) in [6, 6.07) is 0.656. The number of rotatable bonds is 2. The molecule has 1 aliphatic carbocycles. The van der Waals surface area contributed by atoms with Crippen molar-refractivity contribution >= 4 is 12.2 Å². The van der Waals surface area contributed by atoms with Crippen LogP contribution in [0.5, 0.6) is 0 Å². The fourth-order valence-electron chi connectivity index (χ4n) is 2.27. The molecule has 2 atom stereocenters. The Morgan fingerprint density at radius 3 is 2.67 bits per heavy atom. The quantitative estimate of drug-likeness (QED) is 0.757. The van der Waals surface area contributed by atoms with Gasteiger partial charge in [-0.05, 0) is 24.6 Å². The Morgan fingerprint density at radius 1 is 1.53 bits per heavy atom. The Bertz CT molecular complexity index is 408. The Labute approximate surface area is 96.7 Å². The molecule has 3 heteroatoms. The third-order valence-corrected chi connectivity index (χ3v) is 3.63. The summed E-state index contributed by atoms with van der Waals surface area (Å²) in [5.41, 5.74) is 1.52. The summed E-state index contributed by atoms with van der Waals surface area (Å²) in [4.78, 5) is 3.19. The predicted molar refractivity (Wildman–Crippen MR) is 65.8 cm³/mol. The van der Waals surface area contributed by atoms with E-state index in [1.165, 1.54) is 18.5 Å². The van der Waals surface area contributed by atoms with E-state index >= 15 is 0 Å². The van der Waals surface area contributed by atoms with E-state index in [0.29, 0.717) is 6.04 Å². The monoisotopic (exact) mass is 224 g/mol. The maximum Gasteiger partial charge on any atom is 0.177 e. The molecule has 0 aliphatic heterocycles. The minimum absolute atomic E-state index is 0.175. The van der Waals surface area contributed by atoms with Gasteiger partial charge in [0, 0.05) is 23.3 Å². The maximum atomic E-state index is 5.37. The number of aromatic amines is 1. The molecule has 2 rings (SSSR count). The first-order chi connectivity index (χ1) is 6.95. The number of hydrogen-bond donors (Lipinski definition) is 1. The molecule has 2 nitrogen and oxygen atoms in total. The van der Waals surface area contributed by atoms with Crippen LogP contribution in [0.2, 0.25) is 0 Å². The SMILES string of the molecule is CCC1CC1n1c(C(C)(C)C)c[nH]c1=S. The van der Waals surface area contributed by atoms with Gasteiger partial charge in [0.1, 0.15) is 0 Å². The summed E-state index contributed by atoms with van der Waals surface area (Å²) in [6.07, 6.45) is 4.64. The minimum atomic E-state index is 0.175. The van der Waals surface area contributed by atoms with Crippen LogP contribution in [0, 0.1) is 10.7 Å². The molecule has 0 aromatic carbocycles. The average molecular weight is 224 g/mol. The molecular formula is C12H20N2S. The molecule has 1 aromatic rings. The molecule has 1 heterocycles. The number of nitrogens with one attached hydrogen (secondary N) is 1. The van der Waals surface area contributed by atoms with E-state index in [1.807, 2.05) is 0 Å². The number of imidazole rings is 1. The van der Waals surface area contributed by atoms with Crippen LogP contribution in [0.3, 0.4) is 0 Å². The lowest BCUT2D eigenvalue weighted by atomic mass is 9.92. The zero-order valence-corrected chi connectivity index (χ0v) is 10.8. The van der Waals surface area contributed by atoms with Gasteiger partial charge in [-0.2, -0.15) is 0 Å². The van der Waals surface area contributed by atoms with E-state index < -0.39 is 0 Å². The Hall–Kier alpha value is -0.570. The van der Waals surface area contributed by atoms with Crippen molar-refractivity contribution in [1.29, 1.82) is 0 Å². The summed E-state index contributed by atoms with van der Waals surface area (Å²) in [7, 11) is 0. The van der Waals surface area contributed by atoms with Crippen LogP contribution in [0.4, 0.5) is 0 Å². The second-order valence-corrected chi connectivity index (χ2v) is 5.96. The third kappa shape index (κ3) is 1.89. The van der Waals surface area contributed by atoms with Gasteiger partial charge >= 0.3 is 0 Å². The summed E-state index contributed by atoms with van der Waals surface area (Å²) in [5, 5.41) is 0. The van der Waals surface area contributed by atoms with Gasteiger partial charge in [-0.15, -0.1) is 0 Å². The van der Waals surface area contributed by atoms with Crippen LogP contribution in [0.1, 0.15) is 52.3 Å². The van der Waals surface area contributed by atoms with Crippen LogP contribution in [-0.4, -0.2) is 9.55 Å². The van der Waals surface area contributed by atoms with Gasteiger partial charge in [0.2, 0.25) is 0 Å². The molecule has 1 aliphatic rings. The molecule has 0 bridgehead atoms. The normalized spacial score (nSPS) is 25.6. The Balaban J connectivity index is 2.39. The van der Waals surface area contributed by atoms with E-state index in [-0.39, 0.29) is 5.41 Å². The Kier molecular flexibility index (Phi) is 2.53. The van der Waals surface area contributed by atoms with E-state index in [4.69, 9.17) is 12.2 Å². The average Bonchev–Trinajstić information content (AvgIpc) is 2.80. The van der Waals surface area contributed by atoms with Crippen molar-refractivity contribution in [2.24, 2.45) is 5.92 Å². The van der Waals surface area contributed by atoms with Crippen LogP contribution in [0.15, 0.2) is 6.20 Å². The van der Waals surface area contributed by atoms with E-state index in [0.717, 1.165) is 10.7 Å². The summed E-state index contributed by atoms with van der Waals surface area (Å²) in [5.74, 6) is 0.841. The van der Waals surface area contributed by atoms with Crippen molar-refractivity contribution in [1.82, 2.24) is 9.55 Å². The molecule has 0 radical (unpaired) electrons. The molecule has 0 spiro atoms. The summed E-state index contributed by atoms with van der Waals surface area (Å²) in [6.45, 7) is 8.98. The van der Waals surface area contributed by atoms with E-state index in [1.54, 1.807) is 0 Å². The van der Waals surface area contributed by atoms with Gasteiger partial charge < -0.3 is 9.55 Å². The predicted octanol–water partition coefficient (Wildman–Crippen LogP) is 3.81. The van der Waals surface area contributed by atoms with Crippen molar-refractivity contribution in [2.45, 2.75) is 52.0 Å². The topological polar surface area (TPSA) is 20.7 Å². The molecule has 15 heavy (non-hydrogen) atoms. The summed E-state index contributed by atoms with van der Waals surface area (Å²) >= 11 is 5.37. The highest BCUT2D eigenvalue weighted by atomic mass is 32.1. The smallest absolute Gasteiger partial charge is 0.177 e. The fourth-order valence-corrected chi connectivity index (χ4v) is 2.56. The molecule has 84 valence electrons. The lowest BCUT2D eigenvalue weighted by Crippen LogP contribution is -2.17. The van der Waals surface area contributed by atoms with Crippen LogP contribution in [-0.2, 0) is 5.41 Å². The minimum Gasteiger partial charge on any atom is -0.337 e. The highest BCUT2D eigenvalue weighted by molar-refractivity contribution is 7.71. The number of nitrogens with zero attached hydrogens (tertiary/aromatic N) is 1. The molecule has 1 N–H and O–H groups in total. The second-order valence-electron chi connectivity index (χ2n) is 5.57. The number of hydrogen-bond acceptors (Lipinski definition) is 1. The molecule has 0 saturated heterocycles. The Morgan fingerprint density at radius 2 is 2.20 bits per heavy atom. The largest absolute Gasteiger partial charge is 0.337 e. The lowest BCUT2D eigenvalue weighted by molar-refractivity contribution is 0.504. The lowest BCUT2D eigenvalue weighted by Gasteiger charge is -2.20. The maximum absolute atomic E-state index is 5.37. The molecule has 0 amide bonds. The standard InChI is InChI=1S/C12H20N2S/c1-5-8-6-9(8)14-10(12(2,3)4)7-13-11(14)15/h7-9H,5-6H2,1-4H3,(H,13,15). The van der Waals surface area contributed by atoms with E-state index in [9.17, 15) is 0 Å². The van der Waals surface area contributed by atoms with Gasteiger partial charge in [0.25, 0.3) is 0 Å². The second kappa shape index (κ2) is 3.48. The van der Waals surface area contributed by atoms with Crippen molar-refractivity contribution < 1.29 is 0 Å². The van der Waals surface area contributed by atoms with Gasteiger partial charge in [-0.1, -0.05) is 34.1 Å². The van der Waals surface area contributed by atoms with Crippen LogP contribution < -0.4 is 0 Å². The number of H-pyrrole nitrogens is 1. The fraction of sp³-hybridized carbons (Fsp3) is 0.750. The van der Waals surface area contributed by atoms with Crippen molar-refractivity contribution in [2.75, 3.05) is 0 Å². The van der Waals surface area contributed by atoms with E-state index in [2.05, 4.69) is 43.4 Å².